The quantitative estimate of drug-likeness (QED) is 0.868. The van der Waals surface area contributed by atoms with E-state index in [9.17, 15) is 13.2 Å². The van der Waals surface area contributed by atoms with Gasteiger partial charge >= 0.3 is 16.2 Å². The molecule has 17 heavy (non-hydrogen) atoms. The molecular formula is C9H11ClN2O4S. The standard InChI is InChI=1S/C9H11ClN2O4S/c1-12(2)17(15,16)11-8-5-6(9(13)14)3-4-7(8)10/h3-5,11H,1-2H3,(H,13,14). The Kier molecular flexibility index (Phi) is 3.97. The average Bonchev–Trinajstić information content (AvgIpc) is 2.20. The normalized spacial score (nSPS) is 11.5. The van der Waals surface area contributed by atoms with Crippen molar-refractivity contribution in [1.29, 1.82) is 0 Å². The number of hydrogen-bond donors (Lipinski definition) is 2. The molecule has 6 nitrogen and oxygen atoms in total. The summed E-state index contributed by atoms with van der Waals surface area (Å²) in [6.45, 7) is 0. The fourth-order valence-electron chi connectivity index (χ4n) is 0.967. The summed E-state index contributed by atoms with van der Waals surface area (Å²) in [6.07, 6.45) is 0. The van der Waals surface area contributed by atoms with E-state index in [2.05, 4.69) is 4.72 Å². The number of aromatic carboxylic acids is 1. The average molecular weight is 279 g/mol. The number of benzene rings is 1. The Bertz CT molecular complexity index is 542. The van der Waals surface area contributed by atoms with Gasteiger partial charge in [-0.1, -0.05) is 11.6 Å². The maximum Gasteiger partial charge on any atom is 0.335 e. The van der Waals surface area contributed by atoms with E-state index in [1.165, 1.54) is 26.2 Å². The first kappa shape index (κ1) is 13.8. The number of carboxylic acid groups (broad SMARTS) is 1. The predicted octanol–water partition coefficient (Wildman–Crippen LogP) is 1.26. The van der Waals surface area contributed by atoms with Gasteiger partial charge in [-0.25, -0.2) is 4.79 Å². The Hall–Kier alpha value is -1.31. The van der Waals surface area contributed by atoms with Crippen LogP contribution in [-0.2, 0) is 10.2 Å². The molecule has 0 fully saturated rings. The molecule has 0 bridgehead atoms. The molecule has 0 aliphatic rings. The molecule has 94 valence electrons. The van der Waals surface area contributed by atoms with E-state index < -0.39 is 16.2 Å². The van der Waals surface area contributed by atoms with Crippen LogP contribution in [0.3, 0.4) is 0 Å². The second kappa shape index (κ2) is 4.91. The summed E-state index contributed by atoms with van der Waals surface area (Å²) < 4.78 is 26.2. The molecule has 0 atom stereocenters. The van der Waals surface area contributed by atoms with Crippen LogP contribution >= 0.6 is 11.6 Å². The molecule has 1 rings (SSSR count). The number of anilines is 1. The third-order valence-electron chi connectivity index (χ3n) is 1.93. The first-order valence-corrected chi connectivity index (χ1v) is 6.29. The predicted molar refractivity (Wildman–Crippen MR) is 64.6 cm³/mol. The van der Waals surface area contributed by atoms with Gasteiger partial charge < -0.3 is 5.11 Å². The Labute approximate surface area is 104 Å². The highest BCUT2D eigenvalue weighted by molar-refractivity contribution is 7.90. The van der Waals surface area contributed by atoms with Gasteiger partial charge in [0.05, 0.1) is 16.3 Å². The Balaban J connectivity index is 3.15. The molecule has 0 saturated carbocycles. The van der Waals surface area contributed by atoms with Crippen LogP contribution in [0, 0.1) is 0 Å². The third-order valence-corrected chi connectivity index (χ3v) is 3.70. The van der Waals surface area contributed by atoms with E-state index in [0.717, 1.165) is 10.4 Å². The molecular weight excluding hydrogens is 268 g/mol. The molecule has 0 radical (unpaired) electrons. The van der Waals surface area contributed by atoms with Crippen LogP contribution in [0.15, 0.2) is 18.2 Å². The number of nitrogens with one attached hydrogen (secondary N) is 1. The van der Waals surface area contributed by atoms with Gasteiger partial charge in [0.25, 0.3) is 0 Å². The summed E-state index contributed by atoms with van der Waals surface area (Å²) in [6, 6.07) is 3.77. The fourth-order valence-corrected chi connectivity index (χ4v) is 1.82. The minimum Gasteiger partial charge on any atom is -0.478 e. The number of hydrogen-bond acceptors (Lipinski definition) is 3. The van der Waals surface area contributed by atoms with Gasteiger partial charge in [0.2, 0.25) is 0 Å². The van der Waals surface area contributed by atoms with Crippen LogP contribution in [0.1, 0.15) is 10.4 Å². The maximum absolute atomic E-state index is 11.5. The van der Waals surface area contributed by atoms with Crippen LogP contribution < -0.4 is 4.72 Å². The lowest BCUT2D eigenvalue weighted by molar-refractivity contribution is 0.0697. The van der Waals surface area contributed by atoms with Gasteiger partial charge in [-0.3, -0.25) is 4.72 Å². The van der Waals surface area contributed by atoms with Crippen molar-refractivity contribution in [3.8, 4) is 0 Å². The van der Waals surface area contributed by atoms with Gasteiger partial charge in [0.15, 0.2) is 0 Å². The van der Waals surface area contributed by atoms with Crippen LogP contribution in [0.25, 0.3) is 0 Å². The van der Waals surface area contributed by atoms with Crippen LogP contribution in [0.5, 0.6) is 0 Å². The highest BCUT2D eigenvalue weighted by Gasteiger charge is 2.16. The lowest BCUT2D eigenvalue weighted by atomic mass is 10.2. The minimum absolute atomic E-state index is 0.0280. The zero-order valence-corrected chi connectivity index (χ0v) is 10.7. The van der Waals surface area contributed by atoms with Crippen molar-refractivity contribution in [2.75, 3.05) is 18.8 Å². The fraction of sp³-hybridized carbons (Fsp3) is 0.222. The summed E-state index contributed by atoms with van der Waals surface area (Å²) in [7, 11) is -1.02. The number of rotatable bonds is 4. The van der Waals surface area contributed by atoms with Crippen molar-refractivity contribution < 1.29 is 18.3 Å². The summed E-state index contributed by atoms with van der Waals surface area (Å²) >= 11 is 5.77. The zero-order valence-electron chi connectivity index (χ0n) is 9.14. The summed E-state index contributed by atoms with van der Waals surface area (Å²) in [5.41, 5.74) is -0.0221. The van der Waals surface area contributed by atoms with E-state index in [1.54, 1.807) is 0 Å². The second-order valence-corrected chi connectivity index (χ2v) is 5.68. The van der Waals surface area contributed by atoms with Gasteiger partial charge in [0, 0.05) is 14.1 Å². The number of halogens is 1. The second-order valence-electron chi connectivity index (χ2n) is 3.39. The summed E-state index contributed by atoms with van der Waals surface area (Å²) in [5.74, 6) is -1.16. The molecule has 0 amide bonds. The zero-order chi connectivity index (χ0) is 13.2. The van der Waals surface area contributed by atoms with E-state index >= 15 is 0 Å². The first-order chi connectivity index (χ1) is 7.74. The van der Waals surface area contributed by atoms with Crippen molar-refractivity contribution in [2.24, 2.45) is 0 Å². The maximum atomic E-state index is 11.5. The highest BCUT2D eigenvalue weighted by atomic mass is 35.5. The molecule has 0 spiro atoms. The van der Waals surface area contributed by atoms with E-state index in [1.807, 2.05) is 0 Å². The monoisotopic (exact) mass is 278 g/mol. The van der Waals surface area contributed by atoms with Gasteiger partial charge in [-0.05, 0) is 18.2 Å². The first-order valence-electron chi connectivity index (χ1n) is 4.47. The molecule has 0 unspecified atom stereocenters. The van der Waals surface area contributed by atoms with E-state index in [-0.39, 0.29) is 16.3 Å². The van der Waals surface area contributed by atoms with Crippen molar-refractivity contribution in [1.82, 2.24) is 4.31 Å². The van der Waals surface area contributed by atoms with Crippen molar-refractivity contribution in [3.05, 3.63) is 28.8 Å². The SMILES string of the molecule is CN(C)S(=O)(=O)Nc1cc(C(=O)O)ccc1Cl. The molecule has 0 aromatic heterocycles. The summed E-state index contributed by atoms with van der Waals surface area (Å²) in [5, 5.41) is 8.90. The van der Waals surface area contributed by atoms with Crippen molar-refractivity contribution >= 4 is 33.5 Å². The van der Waals surface area contributed by atoms with E-state index in [0.29, 0.717) is 0 Å². The Morgan fingerprint density at radius 1 is 1.41 bits per heavy atom. The molecule has 0 saturated heterocycles. The molecule has 2 N–H and O–H groups in total. The highest BCUT2D eigenvalue weighted by Crippen LogP contribution is 2.24. The Morgan fingerprint density at radius 3 is 2.47 bits per heavy atom. The molecule has 0 aliphatic heterocycles. The van der Waals surface area contributed by atoms with E-state index in [4.69, 9.17) is 16.7 Å². The lowest BCUT2D eigenvalue weighted by Crippen LogP contribution is -2.29. The van der Waals surface area contributed by atoms with Gasteiger partial charge in [-0.15, -0.1) is 0 Å². The van der Waals surface area contributed by atoms with Crippen molar-refractivity contribution in [3.63, 3.8) is 0 Å². The van der Waals surface area contributed by atoms with Crippen LogP contribution in [0.4, 0.5) is 5.69 Å². The Morgan fingerprint density at radius 2 is 2.00 bits per heavy atom. The number of carbonyl (C=O) groups is 1. The molecule has 0 heterocycles. The number of carboxylic acids is 1. The van der Waals surface area contributed by atoms with Gasteiger partial charge in [-0.2, -0.15) is 12.7 Å². The van der Waals surface area contributed by atoms with Gasteiger partial charge in [0.1, 0.15) is 0 Å². The topological polar surface area (TPSA) is 86.7 Å². The molecule has 8 heteroatoms. The minimum atomic E-state index is -3.71. The van der Waals surface area contributed by atoms with Crippen LogP contribution in [0.2, 0.25) is 5.02 Å². The molecule has 1 aromatic carbocycles. The smallest absolute Gasteiger partial charge is 0.335 e. The molecule has 0 aliphatic carbocycles. The summed E-state index contributed by atoms with van der Waals surface area (Å²) in [4.78, 5) is 10.7. The van der Waals surface area contributed by atoms with Crippen molar-refractivity contribution in [2.45, 2.75) is 0 Å². The van der Waals surface area contributed by atoms with Crippen LogP contribution in [-0.4, -0.2) is 37.9 Å². The molecule has 1 aromatic rings. The lowest BCUT2D eigenvalue weighted by Gasteiger charge is -2.14. The largest absolute Gasteiger partial charge is 0.478 e. The third kappa shape index (κ3) is 3.32. The number of nitrogens with zero attached hydrogens (tertiary/aromatic N) is 1.